The van der Waals surface area contributed by atoms with E-state index in [0.29, 0.717) is 5.69 Å². The fourth-order valence-electron chi connectivity index (χ4n) is 2.07. The van der Waals surface area contributed by atoms with Gasteiger partial charge in [0.05, 0.1) is 17.0 Å². The lowest BCUT2D eigenvalue weighted by atomic mass is 10.3. The van der Waals surface area contributed by atoms with Crippen molar-refractivity contribution in [2.24, 2.45) is 0 Å². The van der Waals surface area contributed by atoms with Gasteiger partial charge in [-0.3, -0.25) is 9.10 Å². The first-order valence-electron chi connectivity index (χ1n) is 7.07. The molecular formula is C16H16ClFN2O3S2. The summed E-state index contributed by atoms with van der Waals surface area (Å²) in [5.74, 6) is -1.17. The first-order valence-corrected chi connectivity index (χ1v) is 10.5. The summed E-state index contributed by atoms with van der Waals surface area (Å²) in [4.78, 5) is 13.1. The summed E-state index contributed by atoms with van der Waals surface area (Å²) in [5.41, 5.74) is 0.671. The van der Waals surface area contributed by atoms with Crippen LogP contribution in [0.1, 0.15) is 0 Å². The first-order chi connectivity index (χ1) is 11.7. The van der Waals surface area contributed by atoms with Gasteiger partial charge in [-0.15, -0.1) is 11.8 Å². The van der Waals surface area contributed by atoms with E-state index in [-0.39, 0.29) is 10.7 Å². The summed E-state index contributed by atoms with van der Waals surface area (Å²) in [5, 5.41) is 2.38. The van der Waals surface area contributed by atoms with Crippen molar-refractivity contribution in [3.63, 3.8) is 0 Å². The Kier molecular flexibility index (Phi) is 6.31. The van der Waals surface area contributed by atoms with Crippen LogP contribution in [0.3, 0.4) is 0 Å². The monoisotopic (exact) mass is 402 g/mol. The second kappa shape index (κ2) is 8.07. The quantitative estimate of drug-likeness (QED) is 0.749. The molecule has 0 aliphatic carbocycles. The largest absolute Gasteiger partial charge is 0.324 e. The summed E-state index contributed by atoms with van der Waals surface area (Å²) in [6.07, 6.45) is 2.90. The van der Waals surface area contributed by atoms with Gasteiger partial charge >= 0.3 is 0 Å². The fourth-order valence-corrected chi connectivity index (χ4v) is 3.55. The molecule has 25 heavy (non-hydrogen) atoms. The Morgan fingerprint density at radius 1 is 1.28 bits per heavy atom. The maximum atomic E-state index is 13.2. The Morgan fingerprint density at radius 2 is 2.00 bits per heavy atom. The van der Waals surface area contributed by atoms with Crippen LogP contribution in [0.25, 0.3) is 0 Å². The van der Waals surface area contributed by atoms with E-state index in [0.717, 1.165) is 21.5 Å². The maximum Gasteiger partial charge on any atom is 0.245 e. The normalized spacial score (nSPS) is 11.2. The Labute approximate surface area is 155 Å². The van der Waals surface area contributed by atoms with Crippen LogP contribution < -0.4 is 9.62 Å². The van der Waals surface area contributed by atoms with E-state index >= 15 is 0 Å². The minimum absolute atomic E-state index is 0.134. The zero-order valence-corrected chi connectivity index (χ0v) is 15.9. The molecule has 9 heteroatoms. The van der Waals surface area contributed by atoms with Gasteiger partial charge in [-0.25, -0.2) is 12.8 Å². The van der Waals surface area contributed by atoms with Gasteiger partial charge in [0.15, 0.2) is 0 Å². The number of sulfonamides is 1. The highest BCUT2D eigenvalue weighted by Gasteiger charge is 2.21. The Morgan fingerprint density at radius 3 is 2.60 bits per heavy atom. The van der Waals surface area contributed by atoms with Crippen LogP contribution in [-0.2, 0) is 14.8 Å². The highest BCUT2D eigenvalue weighted by molar-refractivity contribution is 7.98. The van der Waals surface area contributed by atoms with Gasteiger partial charge in [0.1, 0.15) is 12.4 Å². The number of halogens is 2. The molecule has 0 atom stereocenters. The minimum Gasteiger partial charge on any atom is -0.324 e. The molecule has 0 fully saturated rings. The van der Waals surface area contributed by atoms with Crippen molar-refractivity contribution in [3.8, 4) is 0 Å². The molecule has 134 valence electrons. The number of carbonyl (C=O) groups excluding carboxylic acids is 1. The van der Waals surface area contributed by atoms with E-state index < -0.39 is 28.3 Å². The molecule has 0 saturated carbocycles. The number of anilines is 2. The van der Waals surface area contributed by atoms with E-state index in [9.17, 15) is 17.6 Å². The second-order valence-electron chi connectivity index (χ2n) is 5.15. The third-order valence-electron chi connectivity index (χ3n) is 3.23. The van der Waals surface area contributed by atoms with Gasteiger partial charge in [-0.05, 0) is 42.7 Å². The fraction of sp³-hybridized carbons (Fsp3) is 0.188. The lowest BCUT2D eigenvalue weighted by Gasteiger charge is -2.22. The molecule has 2 aromatic carbocycles. The van der Waals surface area contributed by atoms with Crippen molar-refractivity contribution >= 4 is 50.7 Å². The van der Waals surface area contributed by atoms with Gasteiger partial charge in [-0.1, -0.05) is 17.7 Å². The number of benzene rings is 2. The summed E-state index contributed by atoms with van der Waals surface area (Å²) in [6.45, 7) is -0.411. The molecule has 0 aliphatic heterocycles. The topological polar surface area (TPSA) is 66.5 Å². The smallest absolute Gasteiger partial charge is 0.245 e. The molecule has 2 aromatic rings. The molecule has 0 spiro atoms. The van der Waals surface area contributed by atoms with Crippen molar-refractivity contribution in [2.75, 3.05) is 28.7 Å². The average Bonchev–Trinajstić information content (AvgIpc) is 2.55. The van der Waals surface area contributed by atoms with Crippen molar-refractivity contribution in [1.29, 1.82) is 0 Å². The highest BCUT2D eigenvalue weighted by atomic mass is 35.5. The van der Waals surface area contributed by atoms with Gasteiger partial charge < -0.3 is 5.32 Å². The number of amides is 1. The Balaban J connectivity index is 2.22. The van der Waals surface area contributed by atoms with E-state index in [1.807, 2.05) is 12.3 Å². The number of thioether (sulfide) groups is 1. The van der Waals surface area contributed by atoms with E-state index in [4.69, 9.17) is 11.6 Å². The molecule has 5 nitrogen and oxygen atoms in total. The Hall–Kier alpha value is -1.77. The lowest BCUT2D eigenvalue weighted by Crippen LogP contribution is -2.37. The number of nitrogens with one attached hydrogen (secondary N) is 1. The van der Waals surface area contributed by atoms with Crippen LogP contribution >= 0.6 is 23.4 Å². The molecule has 0 unspecified atom stereocenters. The van der Waals surface area contributed by atoms with E-state index in [1.165, 1.54) is 23.9 Å². The van der Waals surface area contributed by atoms with E-state index in [2.05, 4.69) is 5.32 Å². The summed E-state index contributed by atoms with van der Waals surface area (Å²) >= 11 is 7.13. The van der Waals surface area contributed by atoms with Crippen molar-refractivity contribution in [3.05, 3.63) is 53.3 Å². The van der Waals surface area contributed by atoms with Crippen LogP contribution in [0.5, 0.6) is 0 Å². The van der Waals surface area contributed by atoms with Gasteiger partial charge in [0, 0.05) is 10.6 Å². The SMILES string of the molecule is CSc1cccc(N(CC(=O)Nc2ccc(F)c(Cl)c2)S(C)(=O)=O)c1. The highest BCUT2D eigenvalue weighted by Crippen LogP contribution is 2.24. The third-order valence-corrected chi connectivity index (χ3v) is 5.39. The summed E-state index contributed by atoms with van der Waals surface area (Å²) in [6, 6.07) is 10.6. The van der Waals surface area contributed by atoms with Crippen molar-refractivity contribution in [1.82, 2.24) is 0 Å². The number of hydrogen-bond donors (Lipinski definition) is 1. The summed E-state index contributed by atoms with van der Waals surface area (Å²) < 4.78 is 38.3. The number of nitrogens with zero attached hydrogens (tertiary/aromatic N) is 1. The molecule has 0 bridgehead atoms. The molecule has 1 amide bonds. The zero-order chi connectivity index (χ0) is 18.6. The third kappa shape index (κ3) is 5.35. The molecular weight excluding hydrogens is 387 g/mol. The molecule has 0 heterocycles. The lowest BCUT2D eigenvalue weighted by molar-refractivity contribution is -0.114. The molecule has 0 saturated heterocycles. The average molecular weight is 403 g/mol. The molecule has 0 radical (unpaired) electrons. The zero-order valence-electron chi connectivity index (χ0n) is 13.5. The number of hydrogen-bond acceptors (Lipinski definition) is 4. The van der Waals surface area contributed by atoms with Crippen LogP contribution in [0.2, 0.25) is 5.02 Å². The molecule has 2 rings (SSSR count). The second-order valence-corrected chi connectivity index (χ2v) is 8.34. The van der Waals surface area contributed by atoms with Crippen molar-refractivity contribution in [2.45, 2.75) is 4.90 Å². The predicted octanol–water partition coefficient (Wildman–Crippen LogP) is 3.61. The van der Waals surface area contributed by atoms with E-state index in [1.54, 1.807) is 18.2 Å². The van der Waals surface area contributed by atoms with Crippen LogP contribution in [0.15, 0.2) is 47.4 Å². The first kappa shape index (κ1) is 19.6. The summed E-state index contributed by atoms with van der Waals surface area (Å²) in [7, 11) is -3.67. The number of carbonyl (C=O) groups is 1. The number of rotatable bonds is 6. The molecule has 0 aromatic heterocycles. The van der Waals surface area contributed by atoms with Crippen LogP contribution in [-0.4, -0.2) is 33.4 Å². The maximum absolute atomic E-state index is 13.2. The predicted molar refractivity (Wildman–Crippen MR) is 100 cm³/mol. The Bertz CT molecular complexity index is 891. The molecule has 0 aliphatic rings. The minimum atomic E-state index is -3.67. The molecule has 1 N–H and O–H groups in total. The standard InChI is InChI=1S/C16H16ClFN2O3S2/c1-24-13-5-3-4-12(9-13)20(25(2,22)23)10-16(21)19-11-6-7-15(18)14(17)8-11/h3-9H,10H2,1-2H3,(H,19,21). The van der Waals surface area contributed by atoms with Gasteiger partial charge in [0.25, 0.3) is 0 Å². The van der Waals surface area contributed by atoms with Crippen LogP contribution in [0, 0.1) is 5.82 Å². The van der Waals surface area contributed by atoms with Crippen LogP contribution in [0.4, 0.5) is 15.8 Å². The van der Waals surface area contributed by atoms with Gasteiger partial charge in [0.2, 0.25) is 15.9 Å². The van der Waals surface area contributed by atoms with Crippen molar-refractivity contribution < 1.29 is 17.6 Å². The van der Waals surface area contributed by atoms with Gasteiger partial charge in [-0.2, -0.15) is 0 Å².